The van der Waals surface area contributed by atoms with Crippen LogP contribution in [0.25, 0.3) is 0 Å². The highest BCUT2D eigenvalue weighted by Crippen LogP contribution is 2.35. The Labute approximate surface area is 191 Å². The Bertz CT molecular complexity index is 1100. The van der Waals surface area contributed by atoms with Crippen molar-refractivity contribution in [2.24, 2.45) is 5.41 Å². The summed E-state index contributed by atoms with van der Waals surface area (Å²) in [6.07, 6.45) is 4.79. The Kier molecular flexibility index (Phi) is 6.32. The SMILES string of the molecule is CC(C)(C)C(=O)Nc1ccc(N2CCCC2)c(S(=O)(=O)NC2CCCc3ccccc32)c1. The second-order valence-corrected chi connectivity index (χ2v) is 11.5. The van der Waals surface area contributed by atoms with E-state index in [2.05, 4.69) is 21.0 Å². The van der Waals surface area contributed by atoms with Crippen LogP contribution in [0.3, 0.4) is 0 Å². The molecule has 0 saturated carbocycles. The van der Waals surface area contributed by atoms with E-state index in [1.807, 2.05) is 45.0 Å². The molecule has 4 rings (SSSR count). The van der Waals surface area contributed by atoms with E-state index >= 15 is 0 Å². The quantitative estimate of drug-likeness (QED) is 0.689. The van der Waals surface area contributed by atoms with Gasteiger partial charge in [0.15, 0.2) is 0 Å². The number of anilines is 2. The van der Waals surface area contributed by atoms with Crippen molar-refractivity contribution in [1.82, 2.24) is 4.72 Å². The van der Waals surface area contributed by atoms with Gasteiger partial charge in [-0.1, -0.05) is 45.0 Å². The highest BCUT2D eigenvalue weighted by atomic mass is 32.2. The van der Waals surface area contributed by atoms with Crippen LogP contribution in [0.5, 0.6) is 0 Å². The molecule has 2 N–H and O–H groups in total. The average molecular weight is 456 g/mol. The van der Waals surface area contributed by atoms with Gasteiger partial charge in [0.2, 0.25) is 15.9 Å². The summed E-state index contributed by atoms with van der Waals surface area (Å²) in [5.74, 6) is -0.149. The lowest BCUT2D eigenvalue weighted by Crippen LogP contribution is -2.33. The minimum atomic E-state index is -3.81. The van der Waals surface area contributed by atoms with Crippen molar-refractivity contribution in [3.8, 4) is 0 Å². The zero-order valence-corrected chi connectivity index (χ0v) is 20.0. The van der Waals surface area contributed by atoms with Crippen molar-refractivity contribution in [3.63, 3.8) is 0 Å². The van der Waals surface area contributed by atoms with E-state index in [1.165, 1.54) is 5.56 Å². The monoisotopic (exact) mass is 455 g/mol. The van der Waals surface area contributed by atoms with Crippen LogP contribution in [-0.2, 0) is 21.2 Å². The van der Waals surface area contributed by atoms with Gasteiger partial charge >= 0.3 is 0 Å². The van der Waals surface area contributed by atoms with E-state index in [4.69, 9.17) is 0 Å². The maximum absolute atomic E-state index is 13.7. The molecule has 0 radical (unpaired) electrons. The summed E-state index contributed by atoms with van der Waals surface area (Å²) < 4.78 is 30.3. The number of nitrogens with zero attached hydrogens (tertiary/aromatic N) is 1. The smallest absolute Gasteiger partial charge is 0.243 e. The number of benzene rings is 2. The van der Waals surface area contributed by atoms with Crippen molar-refractivity contribution in [2.75, 3.05) is 23.3 Å². The average Bonchev–Trinajstić information content (AvgIpc) is 3.28. The molecule has 1 heterocycles. The van der Waals surface area contributed by atoms with Crippen LogP contribution in [0.1, 0.15) is 63.6 Å². The van der Waals surface area contributed by atoms with E-state index in [0.29, 0.717) is 11.4 Å². The lowest BCUT2D eigenvalue weighted by atomic mass is 9.88. The van der Waals surface area contributed by atoms with Crippen LogP contribution in [0, 0.1) is 5.41 Å². The number of carbonyl (C=O) groups excluding carboxylic acids is 1. The molecule has 1 unspecified atom stereocenters. The van der Waals surface area contributed by atoms with Gasteiger partial charge in [0.05, 0.1) is 5.69 Å². The van der Waals surface area contributed by atoms with E-state index in [0.717, 1.165) is 50.8 Å². The lowest BCUT2D eigenvalue weighted by Gasteiger charge is -2.28. The second kappa shape index (κ2) is 8.87. The van der Waals surface area contributed by atoms with Gasteiger partial charge in [-0.15, -0.1) is 0 Å². The Morgan fingerprint density at radius 3 is 2.47 bits per heavy atom. The number of carbonyl (C=O) groups is 1. The predicted molar refractivity (Wildman–Crippen MR) is 128 cm³/mol. The molecular weight excluding hydrogens is 422 g/mol. The molecule has 2 aromatic rings. The van der Waals surface area contributed by atoms with E-state index < -0.39 is 15.4 Å². The van der Waals surface area contributed by atoms with Gasteiger partial charge in [0.1, 0.15) is 4.90 Å². The molecule has 0 aromatic heterocycles. The maximum atomic E-state index is 13.7. The topological polar surface area (TPSA) is 78.5 Å². The van der Waals surface area contributed by atoms with Crippen molar-refractivity contribution < 1.29 is 13.2 Å². The molecule has 1 aliphatic heterocycles. The highest BCUT2D eigenvalue weighted by molar-refractivity contribution is 7.89. The first-order chi connectivity index (χ1) is 15.1. The van der Waals surface area contributed by atoms with Crippen molar-refractivity contribution in [2.45, 2.75) is 63.8 Å². The zero-order valence-electron chi connectivity index (χ0n) is 19.1. The molecule has 0 spiro atoms. The molecule has 2 aromatic carbocycles. The summed E-state index contributed by atoms with van der Waals surface area (Å²) in [7, 11) is -3.81. The summed E-state index contributed by atoms with van der Waals surface area (Å²) in [5, 5.41) is 2.88. The zero-order chi connectivity index (χ0) is 22.9. The van der Waals surface area contributed by atoms with Crippen molar-refractivity contribution in [1.29, 1.82) is 0 Å². The first-order valence-electron chi connectivity index (χ1n) is 11.5. The van der Waals surface area contributed by atoms with Gasteiger partial charge in [-0.2, -0.15) is 0 Å². The second-order valence-electron chi connectivity index (χ2n) is 9.85. The Hall–Kier alpha value is -2.38. The first kappa shape index (κ1) is 22.8. The number of rotatable bonds is 5. The molecule has 32 heavy (non-hydrogen) atoms. The number of amides is 1. The molecule has 1 saturated heterocycles. The number of aryl methyl sites for hydroxylation is 1. The van der Waals surface area contributed by atoms with E-state index in [1.54, 1.807) is 12.1 Å². The molecule has 7 heteroatoms. The minimum Gasteiger partial charge on any atom is -0.370 e. The van der Waals surface area contributed by atoms with Crippen LogP contribution in [0.15, 0.2) is 47.4 Å². The Morgan fingerprint density at radius 2 is 1.75 bits per heavy atom. The van der Waals surface area contributed by atoms with E-state index in [9.17, 15) is 13.2 Å². The number of fused-ring (bicyclic) bond motifs is 1. The van der Waals surface area contributed by atoms with Crippen LogP contribution in [0.2, 0.25) is 0 Å². The van der Waals surface area contributed by atoms with Crippen LogP contribution < -0.4 is 14.9 Å². The number of hydrogen-bond acceptors (Lipinski definition) is 4. The van der Waals surface area contributed by atoms with Crippen LogP contribution in [-0.4, -0.2) is 27.4 Å². The third kappa shape index (κ3) is 4.84. The molecular formula is C25H33N3O3S. The molecule has 6 nitrogen and oxygen atoms in total. The molecule has 1 fully saturated rings. The minimum absolute atomic E-state index is 0.149. The van der Waals surface area contributed by atoms with Crippen molar-refractivity contribution in [3.05, 3.63) is 53.6 Å². The van der Waals surface area contributed by atoms with Gasteiger partial charge in [-0.25, -0.2) is 13.1 Å². The van der Waals surface area contributed by atoms with Crippen LogP contribution >= 0.6 is 0 Å². The normalized spacial score (nSPS) is 19.0. The van der Waals surface area contributed by atoms with Gasteiger partial charge < -0.3 is 10.2 Å². The first-order valence-corrected chi connectivity index (χ1v) is 12.9. The maximum Gasteiger partial charge on any atom is 0.243 e. The fourth-order valence-corrected chi connectivity index (χ4v) is 5.97. The number of sulfonamides is 1. The third-order valence-electron chi connectivity index (χ3n) is 6.30. The van der Waals surface area contributed by atoms with Crippen LogP contribution in [0.4, 0.5) is 11.4 Å². The van der Waals surface area contributed by atoms with E-state index in [-0.39, 0.29) is 16.8 Å². The summed E-state index contributed by atoms with van der Waals surface area (Å²) in [6, 6.07) is 13.0. The standard InChI is InChI=1S/C25H33N3O3S/c1-25(2,3)24(29)26-19-13-14-22(28-15-6-7-16-28)23(17-19)32(30,31)27-21-12-8-10-18-9-4-5-11-20(18)21/h4-5,9,11,13-14,17,21,27H,6-8,10,12,15-16H2,1-3H3,(H,26,29). The van der Waals surface area contributed by atoms with Gasteiger partial charge in [0.25, 0.3) is 0 Å². The lowest BCUT2D eigenvalue weighted by molar-refractivity contribution is -0.123. The fraction of sp³-hybridized carbons (Fsp3) is 0.480. The Morgan fingerprint density at radius 1 is 1.03 bits per heavy atom. The third-order valence-corrected chi connectivity index (χ3v) is 7.80. The van der Waals surface area contributed by atoms with Gasteiger partial charge in [0, 0.05) is 30.2 Å². The van der Waals surface area contributed by atoms with Crippen molar-refractivity contribution >= 4 is 27.3 Å². The molecule has 1 amide bonds. The summed E-state index contributed by atoms with van der Waals surface area (Å²) in [5.41, 5.74) is 2.89. The highest BCUT2D eigenvalue weighted by Gasteiger charge is 2.30. The number of hydrogen-bond donors (Lipinski definition) is 2. The summed E-state index contributed by atoms with van der Waals surface area (Å²) in [4.78, 5) is 14.9. The summed E-state index contributed by atoms with van der Waals surface area (Å²) in [6.45, 7) is 7.17. The predicted octanol–water partition coefficient (Wildman–Crippen LogP) is 4.63. The largest absolute Gasteiger partial charge is 0.370 e. The summed E-state index contributed by atoms with van der Waals surface area (Å²) >= 11 is 0. The fourth-order valence-electron chi connectivity index (χ4n) is 4.47. The molecule has 2 aliphatic rings. The number of nitrogens with one attached hydrogen (secondary N) is 2. The molecule has 1 aliphatic carbocycles. The molecule has 0 bridgehead atoms. The Balaban J connectivity index is 1.69. The van der Waals surface area contributed by atoms with Gasteiger partial charge in [-0.05, 0) is 61.4 Å². The molecule has 172 valence electrons. The molecule has 1 atom stereocenters. The van der Waals surface area contributed by atoms with Gasteiger partial charge in [-0.3, -0.25) is 4.79 Å².